The topological polar surface area (TPSA) is 114 Å². The van der Waals surface area contributed by atoms with Crippen LogP contribution in [0.1, 0.15) is 44.2 Å². The first-order valence-electron chi connectivity index (χ1n) is 10.5. The second kappa shape index (κ2) is 9.15. The van der Waals surface area contributed by atoms with E-state index in [0.29, 0.717) is 40.9 Å². The van der Waals surface area contributed by atoms with Crippen molar-refractivity contribution in [1.29, 1.82) is 0 Å². The maximum atomic E-state index is 12.8. The summed E-state index contributed by atoms with van der Waals surface area (Å²) in [6.45, 7) is 2.59. The van der Waals surface area contributed by atoms with E-state index < -0.39 is 16.9 Å². The Labute approximate surface area is 189 Å². The molecule has 1 unspecified atom stereocenters. The van der Waals surface area contributed by atoms with Crippen molar-refractivity contribution in [2.75, 3.05) is 13.7 Å². The highest BCUT2D eigenvalue weighted by molar-refractivity contribution is 8.16. The molecular formula is C22H24N4O5S. The van der Waals surface area contributed by atoms with E-state index in [1.807, 2.05) is 17.2 Å². The highest BCUT2D eigenvalue weighted by Crippen LogP contribution is 2.45. The second-order valence-corrected chi connectivity index (χ2v) is 8.71. The van der Waals surface area contributed by atoms with Crippen molar-refractivity contribution in [3.05, 3.63) is 62.3 Å². The molecule has 9 nitrogen and oxygen atoms in total. The molecule has 1 saturated carbocycles. The lowest BCUT2D eigenvalue weighted by molar-refractivity contribution is -0.384. The van der Waals surface area contributed by atoms with E-state index in [0.717, 1.165) is 18.5 Å². The third-order valence-electron chi connectivity index (χ3n) is 5.68. The van der Waals surface area contributed by atoms with E-state index in [4.69, 9.17) is 4.74 Å². The number of hydrogen-bond donors (Lipinski definition) is 1. The molecule has 0 radical (unpaired) electrons. The summed E-state index contributed by atoms with van der Waals surface area (Å²) >= 11 is 1.40. The number of benzene rings is 1. The monoisotopic (exact) mass is 456 g/mol. The van der Waals surface area contributed by atoms with Crippen LogP contribution in [0.15, 0.2) is 51.6 Å². The van der Waals surface area contributed by atoms with E-state index in [-0.39, 0.29) is 18.0 Å². The van der Waals surface area contributed by atoms with E-state index >= 15 is 0 Å². The van der Waals surface area contributed by atoms with Crippen LogP contribution in [0.3, 0.4) is 0 Å². The Balaban J connectivity index is 1.69. The number of nitro benzene ring substituents is 1. The maximum absolute atomic E-state index is 12.8. The van der Waals surface area contributed by atoms with Crippen LogP contribution in [0.5, 0.6) is 0 Å². The zero-order valence-electron chi connectivity index (χ0n) is 17.9. The quantitative estimate of drug-likeness (QED) is 0.361. The van der Waals surface area contributed by atoms with Crippen molar-refractivity contribution in [2.24, 2.45) is 10.9 Å². The summed E-state index contributed by atoms with van der Waals surface area (Å²) in [5.41, 5.74) is 2.35. The molecule has 1 aliphatic carbocycles. The van der Waals surface area contributed by atoms with Crippen LogP contribution in [0, 0.1) is 16.0 Å². The molecule has 1 amide bonds. The fourth-order valence-electron chi connectivity index (χ4n) is 3.81. The van der Waals surface area contributed by atoms with Gasteiger partial charge in [-0.2, -0.15) is 0 Å². The predicted molar refractivity (Wildman–Crippen MR) is 120 cm³/mol. The van der Waals surface area contributed by atoms with Gasteiger partial charge in [-0.1, -0.05) is 18.7 Å². The van der Waals surface area contributed by atoms with Gasteiger partial charge < -0.3 is 15.0 Å². The number of amidine groups is 1. The molecule has 32 heavy (non-hydrogen) atoms. The highest BCUT2D eigenvalue weighted by Gasteiger charge is 2.41. The molecule has 1 aromatic carbocycles. The number of nitrogens with one attached hydrogen (secondary N) is 1. The minimum atomic E-state index is -0.594. The first-order valence-corrected chi connectivity index (χ1v) is 11.4. The van der Waals surface area contributed by atoms with Crippen LogP contribution in [-0.4, -0.2) is 40.5 Å². The lowest BCUT2D eigenvalue weighted by Gasteiger charge is -2.36. The molecule has 0 aromatic heterocycles. The fourth-order valence-corrected chi connectivity index (χ4v) is 4.75. The van der Waals surface area contributed by atoms with Gasteiger partial charge in [0.15, 0.2) is 5.17 Å². The summed E-state index contributed by atoms with van der Waals surface area (Å²) < 4.78 is 5.07. The lowest BCUT2D eigenvalue weighted by atomic mass is 9.92. The molecule has 3 aliphatic rings. The standard InChI is InChI=1S/C22H24N4O5S/c1-3-17-19(21(28)31-2)20(14-6-8-15(9-7-14)26(29)30)25-16(12-32-22(25)24-17)10-18(27)23-11-13-4-5-13/h6-9,12-13,20H,3-5,10-11H2,1-2H3,(H,23,27). The molecular weight excluding hydrogens is 432 g/mol. The van der Waals surface area contributed by atoms with E-state index in [2.05, 4.69) is 10.3 Å². The number of esters is 1. The van der Waals surface area contributed by atoms with Crippen molar-refractivity contribution in [1.82, 2.24) is 10.2 Å². The zero-order chi connectivity index (χ0) is 22.8. The van der Waals surface area contributed by atoms with Crippen LogP contribution in [-0.2, 0) is 14.3 Å². The highest BCUT2D eigenvalue weighted by atomic mass is 32.2. The molecule has 2 aliphatic heterocycles. The number of aliphatic imine (C=N–C) groups is 1. The summed E-state index contributed by atoms with van der Waals surface area (Å²) in [7, 11) is 1.32. The Morgan fingerprint density at radius 1 is 1.31 bits per heavy atom. The largest absolute Gasteiger partial charge is 0.466 e. The van der Waals surface area contributed by atoms with Crippen molar-refractivity contribution in [3.63, 3.8) is 0 Å². The summed E-state index contributed by atoms with van der Waals surface area (Å²) in [5.74, 6) is -0.0217. The number of non-ortho nitro benzene ring substituents is 1. The van der Waals surface area contributed by atoms with Gasteiger partial charge in [0.2, 0.25) is 5.91 Å². The normalized spacial score (nSPS) is 19.8. The number of carbonyl (C=O) groups is 2. The van der Waals surface area contributed by atoms with Crippen LogP contribution in [0.4, 0.5) is 5.69 Å². The minimum absolute atomic E-state index is 0.0382. The third kappa shape index (κ3) is 4.40. The second-order valence-electron chi connectivity index (χ2n) is 7.87. The number of amides is 1. The van der Waals surface area contributed by atoms with Gasteiger partial charge in [-0.05, 0) is 48.3 Å². The SMILES string of the molecule is CCC1=C(C(=O)OC)C(c2ccc([N+](=O)[O-])cc2)N2C(CC(=O)NCC3CC3)=CSC2=N1. The molecule has 1 aromatic rings. The number of ether oxygens (including phenoxy) is 1. The summed E-state index contributed by atoms with van der Waals surface area (Å²) in [6, 6.07) is 5.50. The average Bonchev–Trinajstić information content (AvgIpc) is 3.56. The van der Waals surface area contributed by atoms with E-state index in [9.17, 15) is 19.7 Å². The summed E-state index contributed by atoms with van der Waals surface area (Å²) in [4.78, 5) is 42.5. The first kappa shape index (κ1) is 22.1. The number of methoxy groups -OCH3 is 1. The van der Waals surface area contributed by atoms with Gasteiger partial charge in [-0.3, -0.25) is 14.9 Å². The van der Waals surface area contributed by atoms with Gasteiger partial charge in [0.25, 0.3) is 5.69 Å². The molecule has 1 fully saturated rings. The van der Waals surface area contributed by atoms with Crippen molar-refractivity contribution in [2.45, 2.75) is 38.6 Å². The van der Waals surface area contributed by atoms with Crippen molar-refractivity contribution >= 4 is 34.5 Å². The van der Waals surface area contributed by atoms with E-state index in [1.54, 1.807) is 12.1 Å². The van der Waals surface area contributed by atoms with Gasteiger partial charge in [0.1, 0.15) is 0 Å². The summed E-state index contributed by atoms with van der Waals surface area (Å²) in [6.07, 6.45) is 2.97. The number of rotatable bonds is 8. The van der Waals surface area contributed by atoms with Crippen LogP contribution in [0.25, 0.3) is 0 Å². The third-order valence-corrected chi connectivity index (χ3v) is 6.56. The molecule has 2 heterocycles. The number of nitro groups is 1. The Hall–Kier alpha value is -3.14. The average molecular weight is 457 g/mol. The predicted octanol–water partition coefficient (Wildman–Crippen LogP) is 3.65. The van der Waals surface area contributed by atoms with Gasteiger partial charge in [-0.15, -0.1) is 0 Å². The van der Waals surface area contributed by atoms with Crippen LogP contribution < -0.4 is 5.32 Å². The van der Waals surface area contributed by atoms with Gasteiger partial charge >= 0.3 is 5.97 Å². The Kier molecular flexibility index (Phi) is 6.31. The smallest absolute Gasteiger partial charge is 0.338 e. The maximum Gasteiger partial charge on any atom is 0.338 e. The van der Waals surface area contributed by atoms with Crippen LogP contribution in [0.2, 0.25) is 0 Å². The molecule has 168 valence electrons. The zero-order valence-corrected chi connectivity index (χ0v) is 18.7. The number of allylic oxidation sites excluding steroid dienone is 1. The van der Waals surface area contributed by atoms with Crippen molar-refractivity contribution in [3.8, 4) is 0 Å². The number of nitrogens with zero attached hydrogens (tertiary/aromatic N) is 3. The van der Waals surface area contributed by atoms with Gasteiger partial charge in [-0.25, -0.2) is 9.79 Å². The molecule has 0 saturated heterocycles. The minimum Gasteiger partial charge on any atom is -0.466 e. The Morgan fingerprint density at radius 3 is 2.62 bits per heavy atom. The molecule has 0 bridgehead atoms. The van der Waals surface area contributed by atoms with Crippen molar-refractivity contribution < 1.29 is 19.2 Å². The lowest BCUT2D eigenvalue weighted by Crippen LogP contribution is -2.38. The number of carbonyl (C=O) groups excluding carboxylic acids is 2. The first-order chi connectivity index (χ1) is 15.4. The molecule has 1 atom stereocenters. The van der Waals surface area contributed by atoms with E-state index in [1.165, 1.54) is 31.0 Å². The number of fused-ring (bicyclic) bond motifs is 1. The Morgan fingerprint density at radius 2 is 2.03 bits per heavy atom. The Bertz CT molecular complexity index is 1040. The summed E-state index contributed by atoms with van der Waals surface area (Å²) in [5, 5.41) is 16.6. The fraction of sp³-hybridized carbons (Fsp3) is 0.409. The number of hydrogen-bond acceptors (Lipinski definition) is 8. The molecule has 1 N–H and O–H groups in total. The molecule has 4 rings (SSSR count). The van der Waals surface area contributed by atoms with Gasteiger partial charge in [0.05, 0.1) is 35.8 Å². The number of thioether (sulfide) groups is 1. The molecule has 10 heteroatoms. The van der Waals surface area contributed by atoms with Crippen LogP contribution >= 0.6 is 11.8 Å². The van der Waals surface area contributed by atoms with Gasteiger partial charge in [0, 0.05) is 24.4 Å². The molecule has 0 spiro atoms.